The summed E-state index contributed by atoms with van der Waals surface area (Å²) in [5, 5.41) is 5.74. The fourth-order valence-electron chi connectivity index (χ4n) is 2.14. The molecular formula is C18H20N2O5. The van der Waals surface area contributed by atoms with Gasteiger partial charge in [-0.3, -0.25) is 4.79 Å². The number of rotatable bonds is 7. The maximum atomic E-state index is 12.1. The van der Waals surface area contributed by atoms with Gasteiger partial charge >= 0.3 is 5.97 Å². The third kappa shape index (κ3) is 4.87. The fraction of sp³-hybridized carbons (Fsp3) is 0.222. The first kappa shape index (κ1) is 18.1. The highest BCUT2D eigenvalue weighted by molar-refractivity contribution is 5.95. The molecule has 0 fully saturated rings. The van der Waals surface area contributed by atoms with E-state index in [1.165, 1.54) is 7.11 Å². The lowest BCUT2D eigenvalue weighted by Gasteiger charge is -2.12. The van der Waals surface area contributed by atoms with E-state index < -0.39 is 5.97 Å². The summed E-state index contributed by atoms with van der Waals surface area (Å²) >= 11 is 0. The Morgan fingerprint density at radius 2 is 1.68 bits per heavy atom. The zero-order chi connectivity index (χ0) is 18.2. The van der Waals surface area contributed by atoms with Crippen molar-refractivity contribution in [2.75, 3.05) is 38.5 Å². The highest BCUT2D eigenvalue weighted by Gasteiger charge is 2.09. The lowest BCUT2D eigenvalue weighted by Crippen LogP contribution is -2.22. The molecule has 0 bridgehead atoms. The maximum Gasteiger partial charge on any atom is 0.337 e. The van der Waals surface area contributed by atoms with Crippen LogP contribution in [0.4, 0.5) is 11.4 Å². The van der Waals surface area contributed by atoms with Crippen LogP contribution in [0.3, 0.4) is 0 Å². The van der Waals surface area contributed by atoms with Crippen LogP contribution >= 0.6 is 0 Å². The highest BCUT2D eigenvalue weighted by Crippen LogP contribution is 2.28. The normalized spacial score (nSPS) is 9.88. The van der Waals surface area contributed by atoms with Gasteiger partial charge in [-0.1, -0.05) is 0 Å². The molecule has 132 valence electrons. The van der Waals surface area contributed by atoms with Crippen molar-refractivity contribution < 1.29 is 23.8 Å². The first-order valence-electron chi connectivity index (χ1n) is 7.51. The van der Waals surface area contributed by atoms with Crippen LogP contribution in [-0.4, -0.2) is 39.8 Å². The predicted molar refractivity (Wildman–Crippen MR) is 94.4 cm³/mol. The van der Waals surface area contributed by atoms with Crippen molar-refractivity contribution in [1.29, 1.82) is 0 Å². The molecule has 2 rings (SSSR count). The van der Waals surface area contributed by atoms with Crippen LogP contribution in [0.2, 0.25) is 0 Å². The van der Waals surface area contributed by atoms with Crippen molar-refractivity contribution in [2.45, 2.75) is 0 Å². The number of hydrogen-bond acceptors (Lipinski definition) is 6. The number of ether oxygens (including phenoxy) is 3. The van der Waals surface area contributed by atoms with Gasteiger partial charge in [-0.05, 0) is 36.4 Å². The Kier molecular flexibility index (Phi) is 6.22. The van der Waals surface area contributed by atoms with E-state index in [4.69, 9.17) is 9.47 Å². The average molecular weight is 344 g/mol. The van der Waals surface area contributed by atoms with Crippen molar-refractivity contribution in [3.63, 3.8) is 0 Å². The van der Waals surface area contributed by atoms with E-state index in [0.717, 1.165) is 0 Å². The average Bonchev–Trinajstić information content (AvgIpc) is 2.66. The van der Waals surface area contributed by atoms with E-state index >= 15 is 0 Å². The zero-order valence-electron chi connectivity index (χ0n) is 14.3. The molecule has 7 heteroatoms. The summed E-state index contributed by atoms with van der Waals surface area (Å²) in [6.45, 7) is 0.0439. The molecule has 0 radical (unpaired) electrons. The molecule has 2 N–H and O–H groups in total. The maximum absolute atomic E-state index is 12.1. The molecule has 7 nitrogen and oxygen atoms in total. The monoisotopic (exact) mass is 344 g/mol. The van der Waals surface area contributed by atoms with Crippen LogP contribution in [0.25, 0.3) is 0 Å². The van der Waals surface area contributed by atoms with Gasteiger partial charge in [0.25, 0.3) is 0 Å². The summed E-state index contributed by atoms with van der Waals surface area (Å²) in [4.78, 5) is 23.5. The topological polar surface area (TPSA) is 85.9 Å². The molecule has 0 heterocycles. The zero-order valence-corrected chi connectivity index (χ0v) is 14.3. The third-order valence-corrected chi connectivity index (χ3v) is 3.44. The number of anilines is 2. The first-order valence-corrected chi connectivity index (χ1v) is 7.51. The molecule has 0 atom stereocenters. The second-order valence-electron chi connectivity index (χ2n) is 5.04. The Morgan fingerprint density at radius 3 is 2.28 bits per heavy atom. The molecule has 0 aliphatic rings. The van der Waals surface area contributed by atoms with Crippen LogP contribution in [0, 0.1) is 0 Å². The van der Waals surface area contributed by atoms with Crippen molar-refractivity contribution in [3.05, 3.63) is 48.0 Å². The largest absolute Gasteiger partial charge is 0.497 e. The summed E-state index contributed by atoms with van der Waals surface area (Å²) in [6, 6.07) is 11.7. The summed E-state index contributed by atoms with van der Waals surface area (Å²) in [5.74, 6) is 0.596. The summed E-state index contributed by atoms with van der Waals surface area (Å²) in [5.41, 5.74) is 1.65. The molecule has 0 aliphatic heterocycles. The van der Waals surface area contributed by atoms with Gasteiger partial charge in [-0.25, -0.2) is 4.79 Å². The second kappa shape index (κ2) is 8.58. The lowest BCUT2D eigenvalue weighted by molar-refractivity contribution is -0.114. The second-order valence-corrected chi connectivity index (χ2v) is 5.04. The molecule has 0 saturated heterocycles. The molecule has 0 saturated carbocycles. The van der Waals surface area contributed by atoms with E-state index in [-0.39, 0.29) is 12.5 Å². The van der Waals surface area contributed by atoms with Crippen molar-refractivity contribution in [2.24, 2.45) is 0 Å². The van der Waals surface area contributed by atoms with Gasteiger partial charge in [0.15, 0.2) is 0 Å². The molecule has 2 aromatic rings. The molecule has 0 unspecified atom stereocenters. The van der Waals surface area contributed by atoms with E-state index in [2.05, 4.69) is 15.4 Å². The number of amides is 1. The predicted octanol–water partition coefficient (Wildman–Crippen LogP) is 2.54. The Bertz CT molecular complexity index is 744. The van der Waals surface area contributed by atoms with Gasteiger partial charge in [0.2, 0.25) is 5.91 Å². The Morgan fingerprint density at radius 1 is 0.960 bits per heavy atom. The van der Waals surface area contributed by atoms with Crippen molar-refractivity contribution in [3.8, 4) is 11.5 Å². The van der Waals surface area contributed by atoms with Gasteiger partial charge in [0.05, 0.1) is 39.1 Å². The number of benzene rings is 2. The summed E-state index contributed by atoms with van der Waals surface area (Å²) in [7, 11) is 4.43. The highest BCUT2D eigenvalue weighted by atomic mass is 16.5. The minimum atomic E-state index is -0.426. The van der Waals surface area contributed by atoms with Gasteiger partial charge in [-0.15, -0.1) is 0 Å². The minimum Gasteiger partial charge on any atom is -0.497 e. The number of carbonyl (C=O) groups excluding carboxylic acids is 2. The quantitative estimate of drug-likeness (QED) is 0.751. The molecule has 1 amide bonds. The van der Waals surface area contributed by atoms with E-state index in [0.29, 0.717) is 28.4 Å². The van der Waals surface area contributed by atoms with Crippen LogP contribution in [0.15, 0.2) is 42.5 Å². The van der Waals surface area contributed by atoms with Gasteiger partial charge in [0, 0.05) is 11.8 Å². The minimum absolute atomic E-state index is 0.0439. The van der Waals surface area contributed by atoms with E-state index in [9.17, 15) is 9.59 Å². The van der Waals surface area contributed by atoms with Gasteiger partial charge < -0.3 is 24.8 Å². The smallest absolute Gasteiger partial charge is 0.337 e. The number of hydrogen-bond donors (Lipinski definition) is 2. The first-order chi connectivity index (χ1) is 12.1. The molecule has 0 spiro atoms. The van der Waals surface area contributed by atoms with Crippen LogP contribution in [-0.2, 0) is 9.53 Å². The van der Waals surface area contributed by atoms with Gasteiger partial charge in [-0.2, -0.15) is 0 Å². The fourth-order valence-corrected chi connectivity index (χ4v) is 2.14. The standard InChI is InChI=1S/C18H20N2O5/c1-23-14-8-9-16(24-2)15(10-14)19-11-17(21)20-13-6-4-12(5-7-13)18(22)25-3/h4-10,19H,11H2,1-3H3,(H,20,21). The van der Waals surface area contributed by atoms with Gasteiger partial charge in [0.1, 0.15) is 11.5 Å². The molecule has 0 aromatic heterocycles. The molecule has 2 aromatic carbocycles. The van der Waals surface area contributed by atoms with Crippen LogP contribution < -0.4 is 20.1 Å². The van der Waals surface area contributed by atoms with Crippen molar-refractivity contribution in [1.82, 2.24) is 0 Å². The van der Waals surface area contributed by atoms with E-state index in [1.54, 1.807) is 56.7 Å². The number of esters is 1. The Labute approximate surface area is 145 Å². The number of methoxy groups -OCH3 is 3. The van der Waals surface area contributed by atoms with Crippen LogP contribution in [0.5, 0.6) is 11.5 Å². The molecule has 25 heavy (non-hydrogen) atoms. The summed E-state index contributed by atoms with van der Waals surface area (Å²) < 4.78 is 15.0. The van der Waals surface area contributed by atoms with Crippen molar-refractivity contribution >= 4 is 23.3 Å². The third-order valence-electron chi connectivity index (χ3n) is 3.44. The Hall–Kier alpha value is -3.22. The summed E-state index contributed by atoms with van der Waals surface area (Å²) in [6.07, 6.45) is 0. The van der Waals surface area contributed by atoms with Crippen LogP contribution in [0.1, 0.15) is 10.4 Å². The molecular weight excluding hydrogens is 324 g/mol. The van der Waals surface area contributed by atoms with E-state index in [1.807, 2.05) is 0 Å². The number of carbonyl (C=O) groups is 2. The molecule has 0 aliphatic carbocycles. The SMILES string of the molecule is COC(=O)c1ccc(NC(=O)CNc2cc(OC)ccc2OC)cc1. The number of nitrogens with one attached hydrogen (secondary N) is 2. The Balaban J connectivity index is 1.96. The lowest BCUT2D eigenvalue weighted by atomic mass is 10.2.